The first-order chi connectivity index (χ1) is 10.8. The number of ether oxygens (including phenoxy) is 1. The molecule has 1 amide bonds. The summed E-state index contributed by atoms with van der Waals surface area (Å²) >= 11 is 0. The molecule has 0 saturated heterocycles. The van der Waals surface area contributed by atoms with E-state index in [0.717, 1.165) is 5.56 Å². The van der Waals surface area contributed by atoms with Gasteiger partial charge < -0.3 is 14.6 Å². The monoisotopic (exact) mass is 326 g/mol. The average molecular weight is 326 g/mol. The Balaban J connectivity index is 1.81. The highest BCUT2D eigenvalue weighted by atomic mass is 19.4. The molecule has 23 heavy (non-hydrogen) atoms. The van der Waals surface area contributed by atoms with E-state index in [2.05, 4.69) is 10.1 Å². The van der Waals surface area contributed by atoms with E-state index in [4.69, 9.17) is 0 Å². The van der Waals surface area contributed by atoms with Gasteiger partial charge in [-0.25, -0.2) is 0 Å². The fraction of sp³-hybridized carbons (Fsp3) is 0.312. The lowest BCUT2D eigenvalue weighted by Gasteiger charge is -2.09. The zero-order valence-corrected chi connectivity index (χ0v) is 12.6. The van der Waals surface area contributed by atoms with Crippen molar-refractivity contribution in [2.45, 2.75) is 19.3 Å². The molecule has 0 aliphatic heterocycles. The topological polar surface area (TPSA) is 43.3 Å². The molecule has 0 fully saturated rings. The van der Waals surface area contributed by atoms with Crippen LogP contribution in [0.1, 0.15) is 21.6 Å². The molecule has 0 atom stereocenters. The molecule has 1 aromatic carbocycles. The third-order valence-corrected chi connectivity index (χ3v) is 3.19. The maximum atomic E-state index is 12.0. The molecule has 1 N–H and O–H groups in total. The first-order valence-corrected chi connectivity index (χ1v) is 6.97. The van der Waals surface area contributed by atoms with Crippen LogP contribution >= 0.6 is 0 Å². The first-order valence-electron chi connectivity index (χ1n) is 6.97. The summed E-state index contributed by atoms with van der Waals surface area (Å²) in [6, 6.07) is 10.4. The van der Waals surface area contributed by atoms with Gasteiger partial charge in [0.25, 0.3) is 5.91 Å². The second-order valence-electron chi connectivity index (χ2n) is 5.11. The SMILES string of the molecule is Cn1cccc1C(=O)NCc1ccc(COCC(F)(F)F)cc1. The number of nitrogens with one attached hydrogen (secondary N) is 1. The Morgan fingerprint density at radius 1 is 1.17 bits per heavy atom. The van der Waals surface area contributed by atoms with Crippen molar-refractivity contribution in [3.8, 4) is 0 Å². The molecule has 0 unspecified atom stereocenters. The molecule has 4 nitrogen and oxygen atoms in total. The van der Waals surface area contributed by atoms with Crippen molar-refractivity contribution in [3.63, 3.8) is 0 Å². The number of benzene rings is 1. The van der Waals surface area contributed by atoms with Crippen molar-refractivity contribution < 1.29 is 22.7 Å². The molecule has 0 saturated carbocycles. The van der Waals surface area contributed by atoms with Gasteiger partial charge >= 0.3 is 6.18 Å². The number of alkyl halides is 3. The van der Waals surface area contributed by atoms with Crippen molar-refractivity contribution in [1.82, 2.24) is 9.88 Å². The molecule has 2 aromatic rings. The van der Waals surface area contributed by atoms with E-state index in [1.165, 1.54) is 0 Å². The number of aromatic nitrogens is 1. The smallest absolute Gasteiger partial charge is 0.367 e. The van der Waals surface area contributed by atoms with Crippen LogP contribution in [0.2, 0.25) is 0 Å². The highest BCUT2D eigenvalue weighted by Gasteiger charge is 2.27. The molecular weight excluding hydrogens is 309 g/mol. The van der Waals surface area contributed by atoms with Crippen LogP contribution in [0, 0.1) is 0 Å². The van der Waals surface area contributed by atoms with Gasteiger partial charge in [-0.05, 0) is 23.3 Å². The summed E-state index contributed by atoms with van der Waals surface area (Å²) in [5.74, 6) is -0.185. The van der Waals surface area contributed by atoms with Crippen LogP contribution in [0.4, 0.5) is 13.2 Å². The molecule has 0 aliphatic rings. The molecular formula is C16H17F3N2O2. The molecule has 0 aliphatic carbocycles. The summed E-state index contributed by atoms with van der Waals surface area (Å²) < 4.78 is 42.2. The van der Waals surface area contributed by atoms with Gasteiger partial charge in [0, 0.05) is 19.8 Å². The molecule has 7 heteroatoms. The van der Waals surface area contributed by atoms with Gasteiger partial charge in [-0.15, -0.1) is 0 Å². The number of hydrogen-bond donors (Lipinski definition) is 1. The summed E-state index contributed by atoms with van der Waals surface area (Å²) in [6.07, 6.45) is -2.54. The minimum absolute atomic E-state index is 0.102. The number of halogens is 3. The average Bonchev–Trinajstić information content (AvgIpc) is 2.91. The normalized spacial score (nSPS) is 11.5. The number of aryl methyl sites for hydroxylation is 1. The standard InChI is InChI=1S/C16H17F3N2O2/c1-21-8-2-3-14(21)15(22)20-9-12-4-6-13(7-5-12)10-23-11-16(17,18)19/h2-8H,9-11H2,1H3,(H,20,22). The van der Waals surface area contributed by atoms with Gasteiger partial charge in [0.1, 0.15) is 12.3 Å². The number of carbonyl (C=O) groups excluding carboxylic acids is 1. The zero-order chi connectivity index (χ0) is 16.9. The number of nitrogens with zero attached hydrogens (tertiary/aromatic N) is 1. The molecule has 124 valence electrons. The van der Waals surface area contributed by atoms with E-state index < -0.39 is 12.8 Å². The van der Waals surface area contributed by atoms with Gasteiger partial charge in [0.05, 0.1) is 6.61 Å². The van der Waals surface area contributed by atoms with Crippen molar-refractivity contribution in [3.05, 3.63) is 59.4 Å². The highest BCUT2D eigenvalue weighted by molar-refractivity contribution is 5.92. The van der Waals surface area contributed by atoms with E-state index in [1.54, 1.807) is 54.2 Å². The first kappa shape index (κ1) is 17.1. The second kappa shape index (κ2) is 7.32. The molecule has 2 rings (SSSR count). The lowest BCUT2D eigenvalue weighted by Crippen LogP contribution is -2.24. The van der Waals surface area contributed by atoms with E-state index in [0.29, 0.717) is 17.8 Å². The Hall–Kier alpha value is -2.28. The number of amides is 1. The molecule has 1 heterocycles. The van der Waals surface area contributed by atoms with Crippen LogP contribution in [0.25, 0.3) is 0 Å². The van der Waals surface area contributed by atoms with Crippen LogP contribution in [-0.4, -0.2) is 23.3 Å². The quantitative estimate of drug-likeness (QED) is 0.887. The van der Waals surface area contributed by atoms with Crippen molar-refractivity contribution in [2.75, 3.05) is 6.61 Å². The number of rotatable bonds is 6. The summed E-state index contributed by atoms with van der Waals surface area (Å²) in [6.45, 7) is -1.02. The Kier molecular flexibility index (Phi) is 5.44. The lowest BCUT2D eigenvalue weighted by molar-refractivity contribution is -0.176. The fourth-order valence-electron chi connectivity index (χ4n) is 2.01. The second-order valence-corrected chi connectivity index (χ2v) is 5.11. The highest BCUT2D eigenvalue weighted by Crippen LogP contribution is 2.15. The van der Waals surface area contributed by atoms with Crippen LogP contribution < -0.4 is 5.32 Å². The maximum Gasteiger partial charge on any atom is 0.411 e. The van der Waals surface area contributed by atoms with Gasteiger partial charge in [-0.2, -0.15) is 13.2 Å². The summed E-state index contributed by atoms with van der Waals surface area (Å²) in [7, 11) is 1.78. The Morgan fingerprint density at radius 3 is 2.39 bits per heavy atom. The van der Waals surface area contributed by atoms with Crippen LogP contribution in [-0.2, 0) is 24.9 Å². The van der Waals surface area contributed by atoms with Gasteiger partial charge in [-0.3, -0.25) is 4.79 Å². The number of carbonyl (C=O) groups is 1. The molecule has 1 aromatic heterocycles. The largest absolute Gasteiger partial charge is 0.411 e. The fourth-order valence-corrected chi connectivity index (χ4v) is 2.01. The Morgan fingerprint density at radius 2 is 1.83 bits per heavy atom. The predicted molar refractivity (Wildman–Crippen MR) is 78.7 cm³/mol. The number of hydrogen-bond acceptors (Lipinski definition) is 2. The molecule has 0 spiro atoms. The van der Waals surface area contributed by atoms with E-state index in [1.807, 2.05) is 0 Å². The lowest BCUT2D eigenvalue weighted by atomic mass is 10.1. The van der Waals surface area contributed by atoms with Crippen molar-refractivity contribution >= 4 is 5.91 Å². The van der Waals surface area contributed by atoms with Gasteiger partial charge in [0.2, 0.25) is 0 Å². The van der Waals surface area contributed by atoms with Crippen LogP contribution in [0.5, 0.6) is 0 Å². The third-order valence-electron chi connectivity index (χ3n) is 3.19. The van der Waals surface area contributed by atoms with E-state index in [-0.39, 0.29) is 12.5 Å². The Labute approximate surface area is 131 Å². The van der Waals surface area contributed by atoms with Gasteiger partial charge in [0.15, 0.2) is 0 Å². The summed E-state index contributed by atoms with van der Waals surface area (Å²) in [4.78, 5) is 11.9. The van der Waals surface area contributed by atoms with Crippen molar-refractivity contribution in [1.29, 1.82) is 0 Å². The third kappa shape index (κ3) is 5.45. The van der Waals surface area contributed by atoms with Crippen LogP contribution in [0.15, 0.2) is 42.6 Å². The summed E-state index contributed by atoms with van der Waals surface area (Å²) in [5, 5.41) is 2.78. The van der Waals surface area contributed by atoms with Gasteiger partial charge in [-0.1, -0.05) is 24.3 Å². The molecule has 0 bridgehead atoms. The predicted octanol–water partition coefficient (Wildman–Crippen LogP) is 3.03. The minimum atomic E-state index is -4.32. The summed E-state index contributed by atoms with van der Waals surface area (Å²) in [5.41, 5.74) is 2.06. The van der Waals surface area contributed by atoms with E-state index >= 15 is 0 Å². The zero-order valence-electron chi connectivity index (χ0n) is 12.6. The molecule has 0 radical (unpaired) electrons. The Bertz CT molecular complexity index is 648. The minimum Gasteiger partial charge on any atom is -0.367 e. The van der Waals surface area contributed by atoms with E-state index in [9.17, 15) is 18.0 Å². The maximum absolute atomic E-state index is 12.0. The van der Waals surface area contributed by atoms with Crippen molar-refractivity contribution in [2.24, 2.45) is 7.05 Å². The van der Waals surface area contributed by atoms with Crippen LogP contribution in [0.3, 0.4) is 0 Å².